The number of aromatic nitrogens is 1. The first-order chi connectivity index (χ1) is 21.5. The van der Waals surface area contributed by atoms with E-state index in [0.29, 0.717) is 53.0 Å². The molecule has 2 fully saturated rings. The molecule has 10 nitrogen and oxygen atoms in total. The van der Waals surface area contributed by atoms with Crippen molar-refractivity contribution in [1.29, 1.82) is 0 Å². The lowest BCUT2D eigenvalue weighted by atomic mass is 9.93. The molecule has 4 aromatic rings. The van der Waals surface area contributed by atoms with Crippen LogP contribution >= 0.6 is 11.6 Å². The summed E-state index contributed by atoms with van der Waals surface area (Å²) in [5.41, 5.74) is 3.33. The fourth-order valence-corrected chi connectivity index (χ4v) is 5.77. The van der Waals surface area contributed by atoms with E-state index in [9.17, 15) is 9.59 Å². The van der Waals surface area contributed by atoms with Crippen LogP contribution in [0, 0.1) is 5.92 Å². The smallest absolute Gasteiger partial charge is 0.337 e. The molecule has 6 rings (SSSR count). The summed E-state index contributed by atoms with van der Waals surface area (Å²) < 4.78 is 22.0. The molecule has 0 saturated carbocycles. The van der Waals surface area contributed by atoms with Crippen LogP contribution in [0.2, 0.25) is 5.02 Å². The number of anilines is 3. The van der Waals surface area contributed by atoms with Crippen LogP contribution in [0.5, 0.6) is 5.88 Å². The van der Waals surface area contributed by atoms with E-state index in [-0.39, 0.29) is 17.9 Å². The molecule has 44 heavy (non-hydrogen) atoms. The van der Waals surface area contributed by atoms with Gasteiger partial charge in [-0.05, 0) is 61.6 Å². The first-order valence-electron chi connectivity index (χ1n) is 14.8. The van der Waals surface area contributed by atoms with Crippen LogP contribution in [0.1, 0.15) is 41.6 Å². The van der Waals surface area contributed by atoms with Gasteiger partial charge in [0.2, 0.25) is 11.8 Å². The summed E-state index contributed by atoms with van der Waals surface area (Å²) in [5, 5.41) is 7.86. The van der Waals surface area contributed by atoms with E-state index in [1.165, 1.54) is 7.11 Å². The Hall–Kier alpha value is -4.28. The van der Waals surface area contributed by atoms with Crippen molar-refractivity contribution in [3.05, 3.63) is 77.0 Å². The third-order valence-electron chi connectivity index (χ3n) is 8.17. The topological polar surface area (TPSA) is 115 Å². The maximum atomic E-state index is 13.1. The van der Waals surface area contributed by atoms with Crippen molar-refractivity contribution < 1.29 is 28.2 Å². The highest BCUT2D eigenvalue weighted by atomic mass is 35.5. The Morgan fingerprint density at radius 1 is 1.07 bits per heavy atom. The molecule has 2 aromatic heterocycles. The molecule has 1 amide bonds. The molecular weight excluding hydrogens is 584 g/mol. The number of ether oxygens (including phenoxy) is 3. The Balaban J connectivity index is 1.01. The first kappa shape index (κ1) is 29.8. The number of carbonyl (C=O) groups is 2. The summed E-state index contributed by atoms with van der Waals surface area (Å²) in [4.78, 5) is 32.1. The zero-order valence-corrected chi connectivity index (χ0v) is 25.3. The number of rotatable bonds is 11. The number of furan rings is 1. The minimum Gasteiger partial charge on any atom is -0.473 e. The monoisotopic (exact) mass is 618 g/mol. The third-order valence-corrected chi connectivity index (χ3v) is 8.50. The number of pyridine rings is 1. The van der Waals surface area contributed by atoms with Gasteiger partial charge in [0.05, 0.1) is 41.4 Å². The Morgan fingerprint density at radius 3 is 2.68 bits per heavy atom. The van der Waals surface area contributed by atoms with Gasteiger partial charge in [-0.15, -0.1) is 0 Å². The van der Waals surface area contributed by atoms with Crippen molar-refractivity contribution in [2.24, 2.45) is 5.92 Å². The number of esters is 1. The van der Waals surface area contributed by atoms with Crippen molar-refractivity contribution >= 4 is 51.6 Å². The average Bonchev–Trinajstić information content (AvgIpc) is 3.52. The van der Waals surface area contributed by atoms with Gasteiger partial charge < -0.3 is 34.2 Å². The summed E-state index contributed by atoms with van der Waals surface area (Å²) in [5.74, 6) is 1.15. The molecule has 1 atom stereocenters. The molecule has 0 spiro atoms. The molecular formula is C33H35ClN4O6. The Kier molecular flexibility index (Phi) is 9.18. The fraction of sp³-hybridized carbons (Fsp3) is 0.364. The van der Waals surface area contributed by atoms with Gasteiger partial charge >= 0.3 is 5.97 Å². The number of hydrogen-bond acceptors (Lipinski definition) is 9. The lowest BCUT2D eigenvalue weighted by molar-refractivity contribution is -0.117. The predicted octanol–water partition coefficient (Wildman–Crippen LogP) is 6.29. The van der Waals surface area contributed by atoms with E-state index in [2.05, 4.69) is 15.5 Å². The fourth-order valence-electron chi connectivity index (χ4n) is 5.55. The van der Waals surface area contributed by atoms with Crippen LogP contribution in [0.25, 0.3) is 11.0 Å². The number of nitrogens with zero attached hydrogens (tertiary/aromatic N) is 2. The van der Waals surface area contributed by atoms with Crippen LogP contribution < -0.4 is 20.3 Å². The molecule has 0 unspecified atom stereocenters. The Bertz CT molecular complexity index is 1630. The summed E-state index contributed by atoms with van der Waals surface area (Å²) in [6.07, 6.45) is 4.88. The number of piperidine rings is 1. The Morgan fingerprint density at radius 2 is 1.91 bits per heavy atom. The summed E-state index contributed by atoms with van der Waals surface area (Å²) in [6, 6.07) is 16.4. The van der Waals surface area contributed by atoms with Gasteiger partial charge in [-0.1, -0.05) is 23.7 Å². The van der Waals surface area contributed by atoms with Crippen molar-refractivity contribution in [3.63, 3.8) is 0 Å². The molecule has 2 aromatic carbocycles. The minimum absolute atomic E-state index is 0.0569. The van der Waals surface area contributed by atoms with E-state index in [1.54, 1.807) is 24.5 Å². The predicted molar refractivity (Wildman–Crippen MR) is 169 cm³/mol. The quantitative estimate of drug-likeness (QED) is 0.187. The van der Waals surface area contributed by atoms with Crippen LogP contribution in [-0.2, 0) is 20.9 Å². The van der Waals surface area contributed by atoms with Gasteiger partial charge in [0.15, 0.2) is 0 Å². The SMILES string of the molecule is COC(=O)c1ccc(NC(=O)CC2CCN(c3cccc(OCc4ccc(Cl)c5ccoc45)n3)CC2)c(NC[C@@H]2CCO2)c1. The van der Waals surface area contributed by atoms with Crippen LogP contribution in [-0.4, -0.2) is 56.3 Å². The number of halogens is 1. The Labute approximate surface area is 260 Å². The number of hydrogen-bond donors (Lipinski definition) is 2. The van der Waals surface area contributed by atoms with Gasteiger partial charge in [-0.25, -0.2) is 4.79 Å². The zero-order valence-electron chi connectivity index (χ0n) is 24.5. The number of amides is 1. The average molecular weight is 619 g/mol. The van der Waals surface area contributed by atoms with Gasteiger partial charge in [-0.2, -0.15) is 4.98 Å². The number of nitrogens with one attached hydrogen (secondary N) is 2. The zero-order chi connectivity index (χ0) is 30.5. The summed E-state index contributed by atoms with van der Waals surface area (Å²) >= 11 is 6.26. The molecule has 2 aliphatic heterocycles. The van der Waals surface area contributed by atoms with Crippen molar-refractivity contribution in [3.8, 4) is 5.88 Å². The normalized spacial score (nSPS) is 16.8. The van der Waals surface area contributed by atoms with E-state index < -0.39 is 5.97 Å². The highest BCUT2D eigenvalue weighted by Crippen LogP contribution is 2.30. The van der Waals surface area contributed by atoms with Gasteiger partial charge in [0.25, 0.3) is 0 Å². The number of carbonyl (C=O) groups excluding carboxylic acids is 2. The lowest BCUT2D eigenvalue weighted by Crippen LogP contribution is -2.35. The summed E-state index contributed by atoms with van der Waals surface area (Å²) in [7, 11) is 1.35. The minimum atomic E-state index is -0.430. The largest absolute Gasteiger partial charge is 0.473 e. The van der Waals surface area contributed by atoms with Gasteiger partial charge in [0.1, 0.15) is 18.0 Å². The lowest BCUT2D eigenvalue weighted by Gasteiger charge is -2.32. The second-order valence-electron chi connectivity index (χ2n) is 11.1. The first-order valence-corrected chi connectivity index (χ1v) is 15.2. The highest BCUT2D eigenvalue weighted by Gasteiger charge is 2.24. The molecule has 4 heterocycles. The van der Waals surface area contributed by atoms with Crippen LogP contribution in [0.4, 0.5) is 17.2 Å². The molecule has 11 heteroatoms. The van der Waals surface area contributed by atoms with E-state index >= 15 is 0 Å². The molecule has 230 valence electrons. The maximum Gasteiger partial charge on any atom is 0.337 e. The number of methoxy groups -OCH3 is 1. The highest BCUT2D eigenvalue weighted by molar-refractivity contribution is 6.35. The van der Waals surface area contributed by atoms with Crippen molar-refractivity contribution in [2.75, 3.05) is 48.9 Å². The molecule has 2 saturated heterocycles. The molecule has 2 N–H and O–H groups in total. The number of fused-ring (bicyclic) bond motifs is 1. The van der Waals surface area contributed by atoms with E-state index in [0.717, 1.165) is 55.7 Å². The standard InChI is InChI=1S/C33H35ClN4O6/c1-41-33(40)22-6-8-27(28(18-22)35-19-24-11-15-42-24)36-30(39)17-21-9-13-38(14-10-21)29-3-2-4-31(37-29)44-20-23-5-7-26(34)25-12-16-43-32(23)25/h2-8,12,16,18,21,24,35H,9-11,13-15,17,19-20H2,1H3,(H,36,39)/t24-/m0/s1. The second-order valence-corrected chi connectivity index (χ2v) is 11.5. The van der Waals surface area contributed by atoms with Crippen molar-refractivity contribution in [1.82, 2.24) is 4.98 Å². The second kappa shape index (κ2) is 13.6. The van der Waals surface area contributed by atoms with E-state index in [4.69, 9.17) is 35.2 Å². The van der Waals surface area contributed by atoms with Crippen LogP contribution in [0.15, 0.2) is 65.3 Å². The van der Waals surface area contributed by atoms with Crippen molar-refractivity contribution in [2.45, 2.75) is 38.4 Å². The van der Waals surface area contributed by atoms with Crippen LogP contribution in [0.3, 0.4) is 0 Å². The maximum absolute atomic E-state index is 13.1. The van der Waals surface area contributed by atoms with Gasteiger partial charge in [-0.3, -0.25) is 4.79 Å². The van der Waals surface area contributed by atoms with Gasteiger partial charge in [0, 0.05) is 49.7 Å². The van der Waals surface area contributed by atoms with E-state index in [1.807, 2.05) is 36.4 Å². The molecule has 0 bridgehead atoms. The molecule has 2 aliphatic rings. The molecule has 0 aliphatic carbocycles. The third kappa shape index (κ3) is 6.92. The summed E-state index contributed by atoms with van der Waals surface area (Å²) in [6.45, 7) is 3.25. The number of benzene rings is 2. The molecule has 0 radical (unpaired) electrons.